The van der Waals surface area contributed by atoms with Crippen LogP contribution in [0.3, 0.4) is 0 Å². The van der Waals surface area contributed by atoms with E-state index in [1.54, 1.807) is 0 Å². The van der Waals surface area contributed by atoms with Gasteiger partial charge in [-0.3, -0.25) is 0 Å². The zero-order valence-corrected chi connectivity index (χ0v) is 12.7. The molecule has 0 aliphatic rings. The Morgan fingerprint density at radius 1 is 1.10 bits per heavy atom. The summed E-state index contributed by atoms with van der Waals surface area (Å²) in [4.78, 5) is 11.9. The lowest BCUT2D eigenvalue weighted by molar-refractivity contribution is 0.0696. The molecule has 3 heteroatoms. The molecule has 3 nitrogen and oxygen atoms in total. The van der Waals surface area contributed by atoms with Gasteiger partial charge in [0.1, 0.15) is 0 Å². The molecule has 2 aromatic rings. The highest BCUT2D eigenvalue weighted by atomic mass is 16.4. The standard InChI is InChI=1S/C18H21NO2/c1-4-13-11(3)17(19)14(5-2)15(16(13)18(20)21)12-9-7-6-8-10-12/h6-10H,4-5,19H2,1-3H3,(H,20,21). The summed E-state index contributed by atoms with van der Waals surface area (Å²) >= 11 is 0. The molecule has 0 aliphatic heterocycles. The molecule has 0 spiro atoms. The Morgan fingerprint density at radius 2 is 1.67 bits per heavy atom. The van der Waals surface area contributed by atoms with Crippen molar-refractivity contribution >= 4 is 11.7 Å². The summed E-state index contributed by atoms with van der Waals surface area (Å²) in [5.41, 5.74) is 11.7. The van der Waals surface area contributed by atoms with Crippen LogP contribution in [-0.2, 0) is 12.8 Å². The fourth-order valence-corrected chi connectivity index (χ4v) is 2.98. The van der Waals surface area contributed by atoms with E-state index in [1.807, 2.05) is 51.1 Å². The minimum Gasteiger partial charge on any atom is -0.478 e. The Balaban J connectivity index is 2.95. The monoisotopic (exact) mass is 283 g/mol. The molecular weight excluding hydrogens is 262 g/mol. The molecule has 0 fully saturated rings. The average molecular weight is 283 g/mol. The maximum Gasteiger partial charge on any atom is 0.336 e. The maximum atomic E-state index is 11.9. The fourth-order valence-electron chi connectivity index (χ4n) is 2.98. The van der Waals surface area contributed by atoms with E-state index in [4.69, 9.17) is 5.73 Å². The van der Waals surface area contributed by atoms with Crippen LogP contribution in [0.4, 0.5) is 5.69 Å². The number of carboxylic acid groups (broad SMARTS) is 1. The molecule has 3 N–H and O–H groups in total. The molecule has 21 heavy (non-hydrogen) atoms. The topological polar surface area (TPSA) is 63.3 Å². The Kier molecular flexibility index (Phi) is 4.32. The first-order chi connectivity index (χ1) is 10.0. The summed E-state index contributed by atoms with van der Waals surface area (Å²) in [5, 5.41) is 9.73. The first kappa shape index (κ1) is 15.1. The fraction of sp³-hybridized carbons (Fsp3) is 0.278. The molecule has 2 aromatic carbocycles. The number of nitrogens with two attached hydrogens (primary N) is 1. The highest BCUT2D eigenvalue weighted by Crippen LogP contribution is 2.37. The van der Waals surface area contributed by atoms with E-state index < -0.39 is 5.97 Å². The molecule has 0 heterocycles. The molecule has 0 atom stereocenters. The van der Waals surface area contributed by atoms with Gasteiger partial charge >= 0.3 is 5.97 Å². The lowest BCUT2D eigenvalue weighted by Gasteiger charge is -2.21. The van der Waals surface area contributed by atoms with E-state index in [0.29, 0.717) is 18.4 Å². The molecule has 0 unspecified atom stereocenters. The van der Waals surface area contributed by atoms with Gasteiger partial charge in [0.15, 0.2) is 0 Å². The van der Waals surface area contributed by atoms with Crippen LogP contribution in [0, 0.1) is 6.92 Å². The van der Waals surface area contributed by atoms with E-state index in [1.165, 1.54) is 0 Å². The molecule has 110 valence electrons. The van der Waals surface area contributed by atoms with Crippen LogP contribution < -0.4 is 5.73 Å². The Bertz CT molecular complexity index is 676. The van der Waals surface area contributed by atoms with Gasteiger partial charge in [0, 0.05) is 11.3 Å². The van der Waals surface area contributed by atoms with E-state index in [-0.39, 0.29) is 0 Å². The van der Waals surface area contributed by atoms with Crippen LogP contribution >= 0.6 is 0 Å². The number of anilines is 1. The summed E-state index contributed by atoms with van der Waals surface area (Å²) in [7, 11) is 0. The molecule has 0 saturated heterocycles. The second-order valence-corrected chi connectivity index (χ2v) is 5.12. The predicted molar refractivity (Wildman–Crippen MR) is 86.7 cm³/mol. The van der Waals surface area contributed by atoms with Crippen molar-refractivity contribution in [3.05, 3.63) is 52.6 Å². The van der Waals surface area contributed by atoms with Crippen molar-refractivity contribution < 1.29 is 9.90 Å². The third-order valence-electron chi connectivity index (χ3n) is 4.02. The second-order valence-electron chi connectivity index (χ2n) is 5.12. The van der Waals surface area contributed by atoms with Gasteiger partial charge in [0.2, 0.25) is 0 Å². The van der Waals surface area contributed by atoms with Gasteiger partial charge in [-0.05, 0) is 42.0 Å². The molecule has 0 saturated carbocycles. The van der Waals surface area contributed by atoms with Gasteiger partial charge in [-0.1, -0.05) is 44.2 Å². The minimum atomic E-state index is -0.886. The van der Waals surface area contributed by atoms with Gasteiger partial charge in [0.05, 0.1) is 5.56 Å². The van der Waals surface area contributed by atoms with Gasteiger partial charge in [0.25, 0.3) is 0 Å². The highest BCUT2D eigenvalue weighted by Gasteiger charge is 2.23. The van der Waals surface area contributed by atoms with Crippen molar-refractivity contribution in [3.63, 3.8) is 0 Å². The number of carbonyl (C=O) groups is 1. The lowest BCUT2D eigenvalue weighted by Crippen LogP contribution is -2.12. The Labute approximate surface area is 125 Å². The van der Waals surface area contributed by atoms with Crippen LogP contribution in [0.25, 0.3) is 11.1 Å². The van der Waals surface area contributed by atoms with Crippen molar-refractivity contribution in [2.45, 2.75) is 33.6 Å². The number of benzene rings is 2. The van der Waals surface area contributed by atoms with Gasteiger partial charge in [-0.2, -0.15) is 0 Å². The predicted octanol–water partition coefficient (Wildman–Crippen LogP) is 4.07. The first-order valence-corrected chi connectivity index (χ1v) is 7.25. The number of aromatic carboxylic acids is 1. The SMILES string of the molecule is CCc1c(C)c(N)c(CC)c(-c2ccccc2)c1C(=O)O. The molecule has 0 aliphatic carbocycles. The van der Waals surface area contributed by atoms with Crippen molar-refractivity contribution in [2.24, 2.45) is 0 Å². The maximum absolute atomic E-state index is 11.9. The van der Waals surface area contributed by atoms with E-state index >= 15 is 0 Å². The van der Waals surface area contributed by atoms with Gasteiger partial charge < -0.3 is 10.8 Å². The van der Waals surface area contributed by atoms with Crippen LogP contribution in [0.1, 0.15) is 40.9 Å². The molecule has 0 aromatic heterocycles. The molecule has 0 bridgehead atoms. The Morgan fingerprint density at radius 3 is 2.14 bits per heavy atom. The third-order valence-corrected chi connectivity index (χ3v) is 4.02. The van der Waals surface area contributed by atoms with Crippen molar-refractivity contribution in [1.29, 1.82) is 0 Å². The van der Waals surface area contributed by atoms with Crippen molar-refractivity contribution in [3.8, 4) is 11.1 Å². The smallest absolute Gasteiger partial charge is 0.336 e. The minimum absolute atomic E-state index is 0.396. The average Bonchev–Trinajstić information content (AvgIpc) is 2.49. The van der Waals surface area contributed by atoms with Crippen LogP contribution in [0.2, 0.25) is 0 Å². The van der Waals surface area contributed by atoms with Crippen LogP contribution in [-0.4, -0.2) is 11.1 Å². The summed E-state index contributed by atoms with van der Waals surface area (Å²) < 4.78 is 0. The van der Waals surface area contributed by atoms with E-state index in [2.05, 4.69) is 0 Å². The lowest BCUT2D eigenvalue weighted by atomic mass is 9.84. The highest BCUT2D eigenvalue weighted by molar-refractivity contribution is 6.01. The number of hydrogen-bond donors (Lipinski definition) is 2. The summed E-state index contributed by atoms with van der Waals surface area (Å²) in [6.45, 7) is 5.89. The zero-order valence-electron chi connectivity index (χ0n) is 12.7. The normalized spacial score (nSPS) is 10.6. The largest absolute Gasteiger partial charge is 0.478 e. The summed E-state index contributed by atoms with van der Waals surface area (Å²) in [6.07, 6.45) is 1.36. The molecular formula is C18H21NO2. The van der Waals surface area contributed by atoms with Crippen LogP contribution in [0.5, 0.6) is 0 Å². The van der Waals surface area contributed by atoms with E-state index in [9.17, 15) is 9.90 Å². The Hall–Kier alpha value is -2.29. The number of hydrogen-bond acceptors (Lipinski definition) is 2. The third kappa shape index (κ3) is 2.51. The van der Waals surface area contributed by atoms with Crippen molar-refractivity contribution in [2.75, 3.05) is 5.73 Å². The number of carboxylic acids is 1. The first-order valence-electron chi connectivity index (χ1n) is 7.25. The van der Waals surface area contributed by atoms with Gasteiger partial charge in [-0.25, -0.2) is 4.79 Å². The second kappa shape index (κ2) is 6.00. The molecule has 2 rings (SSSR count). The van der Waals surface area contributed by atoms with Crippen LogP contribution in [0.15, 0.2) is 30.3 Å². The molecule has 0 amide bonds. The zero-order chi connectivity index (χ0) is 15.6. The van der Waals surface area contributed by atoms with Gasteiger partial charge in [-0.15, -0.1) is 0 Å². The number of rotatable bonds is 4. The summed E-state index contributed by atoms with van der Waals surface area (Å²) in [5.74, 6) is -0.886. The quantitative estimate of drug-likeness (QED) is 0.831. The number of nitrogen functional groups attached to an aromatic ring is 1. The van der Waals surface area contributed by atoms with E-state index in [0.717, 1.165) is 33.5 Å². The molecule has 0 radical (unpaired) electrons. The van der Waals surface area contributed by atoms with Crippen molar-refractivity contribution in [1.82, 2.24) is 0 Å². The summed E-state index contributed by atoms with van der Waals surface area (Å²) in [6, 6.07) is 9.64.